The lowest BCUT2D eigenvalue weighted by atomic mass is 10.2. The summed E-state index contributed by atoms with van der Waals surface area (Å²) in [6.45, 7) is 0. The largest absolute Gasteiger partial charge is 0.466 e. The van der Waals surface area contributed by atoms with E-state index in [1.807, 2.05) is 0 Å². The maximum Gasteiger partial charge on any atom is 0.330 e. The van der Waals surface area contributed by atoms with Gasteiger partial charge >= 0.3 is 5.97 Å². The number of carbonyl (C=O) groups excluding carboxylic acids is 1. The van der Waals surface area contributed by atoms with Crippen LogP contribution in [0.15, 0.2) is 18.2 Å². The molecule has 0 aliphatic rings. The Morgan fingerprint density at radius 3 is 2.40 bits per heavy atom. The summed E-state index contributed by atoms with van der Waals surface area (Å²) < 4.78 is 42.4. The van der Waals surface area contributed by atoms with E-state index < -0.39 is 23.4 Å². The highest BCUT2D eigenvalue weighted by molar-refractivity contribution is 5.86. The molecule has 0 atom stereocenters. The third-order valence-electron chi connectivity index (χ3n) is 1.64. The van der Waals surface area contributed by atoms with Crippen molar-refractivity contribution in [3.05, 3.63) is 41.2 Å². The summed E-state index contributed by atoms with van der Waals surface area (Å²) in [5, 5.41) is 0. The van der Waals surface area contributed by atoms with E-state index >= 15 is 0 Å². The van der Waals surface area contributed by atoms with Gasteiger partial charge in [-0.2, -0.15) is 0 Å². The quantitative estimate of drug-likeness (QED) is 0.430. The molecule has 0 fully saturated rings. The molecule has 0 aliphatic carbocycles. The first-order valence-electron chi connectivity index (χ1n) is 3.95. The normalized spacial score (nSPS) is 10.7. The zero-order valence-electron chi connectivity index (χ0n) is 7.76. The molecule has 1 aromatic carbocycles. The van der Waals surface area contributed by atoms with Gasteiger partial charge in [-0.05, 0) is 12.1 Å². The Morgan fingerprint density at radius 1 is 1.20 bits per heavy atom. The summed E-state index contributed by atoms with van der Waals surface area (Å²) in [5.41, 5.74) is -0.223. The van der Waals surface area contributed by atoms with E-state index in [1.165, 1.54) is 0 Å². The van der Waals surface area contributed by atoms with Crippen LogP contribution in [0, 0.1) is 17.5 Å². The van der Waals surface area contributed by atoms with Gasteiger partial charge in [-0.3, -0.25) is 0 Å². The molecule has 0 N–H and O–H groups in total. The summed E-state index contributed by atoms with van der Waals surface area (Å²) in [7, 11) is 1.15. The number of carbonyl (C=O) groups is 1. The van der Waals surface area contributed by atoms with Crippen LogP contribution < -0.4 is 0 Å². The monoisotopic (exact) mass is 216 g/mol. The molecule has 0 heterocycles. The van der Waals surface area contributed by atoms with Crippen molar-refractivity contribution in [1.82, 2.24) is 0 Å². The van der Waals surface area contributed by atoms with Crippen molar-refractivity contribution in [3.8, 4) is 0 Å². The van der Waals surface area contributed by atoms with Crippen LogP contribution in [0.1, 0.15) is 5.56 Å². The van der Waals surface area contributed by atoms with Gasteiger partial charge in [-0.25, -0.2) is 18.0 Å². The molecule has 0 saturated carbocycles. The van der Waals surface area contributed by atoms with E-state index in [2.05, 4.69) is 4.74 Å². The Bertz CT molecular complexity index is 413. The van der Waals surface area contributed by atoms with Gasteiger partial charge in [-0.1, -0.05) is 0 Å². The highest BCUT2D eigenvalue weighted by Gasteiger charge is 2.07. The Hall–Kier alpha value is -1.78. The van der Waals surface area contributed by atoms with Gasteiger partial charge in [0.15, 0.2) is 11.6 Å². The van der Waals surface area contributed by atoms with Crippen LogP contribution in [0.2, 0.25) is 0 Å². The van der Waals surface area contributed by atoms with Crippen LogP contribution in [-0.4, -0.2) is 13.1 Å². The number of hydrogen-bond donors (Lipinski definition) is 0. The van der Waals surface area contributed by atoms with Crippen LogP contribution in [0.3, 0.4) is 0 Å². The van der Waals surface area contributed by atoms with Gasteiger partial charge in [0.2, 0.25) is 0 Å². The van der Waals surface area contributed by atoms with E-state index in [9.17, 15) is 18.0 Å². The lowest BCUT2D eigenvalue weighted by Crippen LogP contribution is -1.95. The van der Waals surface area contributed by atoms with Gasteiger partial charge in [-0.15, -0.1) is 0 Å². The summed E-state index contributed by atoms with van der Waals surface area (Å²) in [6.07, 6.45) is 1.92. The fraction of sp³-hybridized carbons (Fsp3) is 0.100. The topological polar surface area (TPSA) is 26.3 Å². The second-order valence-electron chi connectivity index (χ2n) is 2.64. The lowest BCUT2D eigenvalue weighted by molar-refractivity contribution is -0.134. The summed E-state index contributed by atoms with van der Waals surface area (Å²) >= 11 is 0. The fourth-order valence-corrected chi connectivity index (χ4v) is 0.892. The van der Waals surface area contributed by atoms with E-state index in [0.717, 1.165) is 19.3 Å². The predicted molar refractivity (Wildman–Crippen MR) is 47.4 cm³/mol. The fourth-order valence-electron chi connectivity index (χ4n) is 0.892. The third-order valence-corrected chi connectivity index (χ3v) is 1.64. The second kappa shape index (κ2) is 4.63. The molecule has 1 aromatic rings. The summed E-state index contributed by atoms with van der Waals surface area (Å²) in [4.78, 5) is 10.6. The minimum atomic E-state index is -1.28. The molecule has 0 aliphatic heterocycles. The molecule has 0 spiro atoms. The van der Waals surface area contributed by atoms with E-state index in [0.29, 0.717) is 12.1 Å². The maximum absolute atomic E-state index is 13.0. The average Bonchev–Trinajstić information content (AvgIpc) is 2.21. The van der Waals surface area contributed by atoms with E-state index in [1.54, 1.807) is 0 Å². The first-order chi connectivity index (χ1) is 7.04. The molecular formula is C10H7F3O2. The standard InChI is InChI=1S/C10H7F3O2/c1-15-10(14)3-2-6-4-8(12)9(13)5-7(6)11/h2-5H,1H3/b3-2+. The van der Waals surface area contributed by atoms with Crippen LogP contribution >= 0.6 is 0 Å². The van der Waals surface area contributed by atoms with Gasteiger partial charge in [0, 0.05) is 17.7 Å². The molecule has 0 amide bonds. The van der Waals surface area contributed by atoms with Crippen molar-refractivity contribution >= 4 is 12.0 Å². The SMILES string of the molecule is COC(=O)/C=C/c1cc(F)c(F)cc1F. The molecule has 5 heteroatoms. The molecule has 15 heavy (non-hydrogen) atoms. The number of benzene rings is 1. The maximum atomic E-state index is 13.0. The second-order valence-corrected chi connectivity index (χ2v) is 2.64. The van der Waals surface area contributed by atoms with Crippen molar-refractivity contribution in [3.63, 3.8) is 0 Å². The number of halogens is 3. The van der Waals surface area contributed by atoms with Crippen LogP contribution in [0.4, 0.5) is 13.2 Å². The van der Waals surface area contributed by atoms with Crippen molar-refractivity contribution < 1.29 is 22.7 Å². The van der Waals surface area contributed by atoms with Gasteiger partial charge in [0.1, 0.15) is 5.82 Å². The van der Waals surface area contributed by atoms with Gasteiger partial charge in [0.05, 0.1) is 7.11 Å². The third kappa shape index (κ3) is 2.83. The van der Waals surface area contributed by atoms with Crippen molar-refractivity contribution in [2.75, 3.05) is 7.11 Å². The number of rotatable bonds is 2. The Labute approximate surface area is 84.0 Å². The first kappa shape index (κ1) is 11.3. The minimum Gasteiger partial charge on any atom is -0.466 e. The number of hydrogen-bond acceptors (Lipinski definition) is 2. The smallest absolute Gasteiger partial charge is 0.330 e. The van der Waals surface area contributed by atoms with Crippen LogP contribution in [0.5, 0.6) is 0 Å². The summed E-state index contributed by atoms with van der Waals surface area (Å²) in [5.74, 6) is -4.11. The molecule has 0 bridgehead atoms. The molecule has 0 aromatic heterocycles. The van der Waals surface area contributed by atoms with Crippen molar-refractivity contribution in [1.29, 1.82) is 0 Å². The van der Waals surface area contributed by atoms with Gasteiger partial charge < -0.3 is 4.74 Å². The molecule has 0 saturated heterocycles. The van der Waals surface area contributed by atoms with Crippen molar-refractivity contribution in [2.45, 2.75) is 0 Å². The lowest BCUT2D eigenvalue weighted by Gasteiger charge is -1.98. The zero-order chi connectivity index (χ0) is 11.4. The highest BCUT2D eigenvalue weighted by Crippen LogP contribution is 2.14. The predicted octanol–water partition coefficient (Wildman–Crippen LogP) is 2.29. The van der Waals surface area contributed by atoms with E-state index in [4.69, 9.17) is 0 Å². The van der Waals surface area contributed by atoms with Gasteiger partial charge in [0.25, 0.3) is 0 Å². The molecule has 0 unspecified atom stereocenters. The van der Waals surface area contributed by atoms with Crippen molar-refractivity contribution in [2.24, 2.45) is 0 Å². The Balaban J connectivity index is 3.00. The zero-order valence-corrected chi connectivity index (χ0v) is 7.76. The number of esters is 1. The highest BCUT2D eigenvalue weighted by atomic mass is 19.2. The molecule has 0 radical (unpaired) electrons. The van der Waals surface area contributed by atoms with Crippen LogP contribution in [-0.2, 0) is 9.53 Å². The average molecular weight is 216 g/mol. The van der Waals surface area contributed by atoms with Crippen LogP contribution in [0.25, 0.3) is 6.08 Å². The minimum absolute atomic E-state index is 0.223. The molecule has 2 nitrogen and oxygen atoms in total. The molecular weight excluding hydrogens is 209 g/mol. The molecule has 1 rings (SSSR count). The first-order valence-corrected chi connectivity index (χ1v) is 3.95. The summed E-state index contributed by atoms with van der Waals surface area (Å²) in [6, 6.07) is 1.07. The number of methoxy groups -OCH3 is 1. The number of ether oxygens (including phenoxy) is 1. The Morgan fingerprint density at radius 2 is 1.80 bits per heavy atom. The molecule has 80 valence electrons. The van der Waals surface area contributed by atoms with E-state index in [-0.39, 0.29) is 5.56 Å². The Kier molecular flexibility index (Phi) is 3.49.